The molecule has 0 radical (unpaired) electrons. The van der Waals surface area contributed by atoms with E-state index in [4.69, 9.17) is 16.6 Å². The zero-order chi connectivity index (χ0) is 16.4. The standard InChI is InChI=1S/C18H18N2O2S/c1-20(2)10-9-19-14-8-7-12(11-23)18-16(14)17(21)13-5-3-4-6-15(13)22-18/h3-8,11,19H,9-10H2,1-2H3. The van der Waals surface area contributed by atoms with Crippen LogP contribution in [0, 0.1) is 0 Å². The molecule has 1 aromatic heterocycles. The van der Waals surface area contributed by atoms with Gasteiger partial charge in [0.05, 0.1) is 10.8 Å². The summed E-state index contributed by atoms with van der Waals surface area (Å²) in [5.74, 6) is 0. The summed E-state index contributed by atoms with van der Waals surface area (Å²) in [4.78, 5) is 15.0. The van der Waals surface area contributed by atoms with Crippen LogP contribution < -0.4 is 10.7 Å². The molecule has 118 valence electrons. The maximum Gasteiger partial charge on any atom is 0.202 e. The first kappa shape index (κ1) is 15.6. The molecule has 0 saturated heterocycles. The molecule has 1 N–H and O–H groups in total. The van der Waals surface area contributed by atoms with Crippen molar-refractivity contribution in [3.63, 3.8) is 0 Å². The molecule has 3 rings (SSSR count). The lowest BCUT2D eigenvalue weighted by Crippen LogP contribution is -2.21. The van der Waals surface area contributed by atoms with E-state index in [0.29, 0.717) is 21.9 Å². The lowest BCUT2D eigenvalue weighted by Gasteiger charge is -2.13. The first-order chi connectivity index (χ1) is 11.1. The van der Waals surface area contributed by atoms with Gasteiger partial charge in [-0.2, -0.15) is 0 Å². The Bertz CT molecular complexity index is 931. The van der Waals surface area contributed by atoms with E-state index in [1.165, 1.54) is 0 Å². The van der Waals surface area contributed by atoms with E-state index in [2.05, 4.69) is 10.2 Å². The lowest BCUT2D eigenvalue weighted by molar-refractivity contribution is 0.425. The molecule has 0 spiro atoms. The molecule has 0 unspecified atom stereocenters. The molecule has 0 aliphatic rings. The normalized spacial score (nSPS) is 11.3. The average molecular weight is 326 g/mol. The van der Waals surface area contributed by atoms with Gasteiger partial charge in [0.2, 0.25) is 5.43 Å². The van der Waals surface area contributed by atoms with Crippen LogP contribution in [0.3, 0.4) is 0 Å². The van der Waals surface area contributed by atoms with Crippen LogP contribution in [-0.2, 0) is 0 Å². The number of nitrogens with one attached hydrogen (secondary N) is 1. The molecule has 0 aliphatic heterocycles. The molecule has 5 heteroatoms. The van der Waals surface area contributed by atoms with Crippen molar-refractivity contribution in [1.82, 2.24) is 4.90 Å². The van der Waals surface area contributed by atoms with Gasteiger partial charge in [-0.05, 0) is 38.4 Å². The second-order valence-electron chi connectivity index (χ2n) is 5.68. The van der Waals surface area contributed by atoms with Crippen molar-refractivity contribution in [2.75, 3.05) is 32.5 Å². The van der Waals surface area contributed by atoms with Crippen molar-refractivity contribution >= 4 is 45.2 Å². The predicted octanol–water partition coefficient (Wildman–Crippen LogP) is 3.27. The second kappa shape index (κ2) is 6.48. The predicted molar refractivity (Wildman–Crippen MR) is 99.8 cm³/mol. The number of fused-ring (bicyclic) bond motifs is 2. The van der Waals surface area contributed by atoms with E-state index in [1.807, 2.05) is 38.4 Å². The molecular formula is C18H18N2O2S. The summed E-state index contributed by atoms with van der Waals surface area (Å²) in [5.41, 5.74) is 2.61. The first-order valence-electron chi connectivity index (χ1n) is 7.44. The van der Waals surface area contributed by atoms with Crippen LogP contribution in [0.5, 0.6) is 0 Å². The fourth-order valence-electron chi connectivity index (χ4n) is 2.58. The fourth-order valence-corrected chi connectivity index (χ4v) is 2.76. The molecule has 0 fully saturated rings. The largest absolute Gasteiger partial charge is 0.455 e. The molecule has 1 heterocycles. The van der Waals surface area contributed by atoms with Gasteiger partial charge in [0.25, 0.3) is 0 Å². The van der Waals surface area contributed by atoms with Crippen LogP contribution in [0.25, 0.3) is 21.9 Å². The first-order valence-corrected chi connectivity index (χ1v) is 7.91. The molecule has 2 aromatic carbocycles. The molecule has 23 heavy (non-hydrogen) atoms. The number of thiocarbonyl (C=S) groups is 1. The summed E-state index contributed by atoms with van der Waals surface area (Å²) < 4.78 is 5.97. The van der Waals surface area contributed by atoms with E-state index in [9.17, 15) is 4.79 Å². The molecule has 0 atom stereocenters. The summed E-state index contributed by atoms with van der Waals surface area (Å²) in [6.07, 6.45) is 0. The summed E-state index contributed by atoms with van der Waals surface area (Å²) in [6.45, 7) is 1.61. The minimum Gasteiger partial charge on any atom is -0.455 e. The Balaban J connectivity index is 2.23. The van der Waals surface area contributed by atoms with Gasteiger partial charge < -0.3 is 14.6 Å². The number of hydrogen-bond donors (Lipinski definition) is 1. The van der Waals surface area contributed by atoms with Crippen LogP contribution in [0.1, 0.15) is 5.56 Å². The molecule has 0 amide bonds. The highest BCUT2D eigenvalue weighted by atomic mass is 32.1. The number of para-hydroxylation sites is 1. The Labute approximate surface area is 139 Å². The maximum absolute atomic E-state index is 12.9. The maximum atomic E-state index is 12.9. The van der Waals surface area contributed by atoms with Crippen molar-refractivity contribution in [1.29, 1.82) is 0 Å². The minimum absolute atomic E-state index is 0.0343. The number of likely N-dealkylation sites (N-methyl/N-ethyl adjacent to an activating group) is 1. The fraction of sp³-hybridized carbons (Fsp3) is 0.222. The molecule has 0 saturated carbocycles. The Hall–Kier alpha value is -2.24. The molecule has 3 aromatic rings. The highest BCUT2D eigenvalue weighted by molar-refractivity contribution is 7.79. The van der Waals surface area contributed by atoms with Crippen molar-refractivity contribution in [3.8, 4) is 0 Å². The smallest absolute Gasteiger partial charge is 0.202 e. The topological polar surface area (TPSA) is 45.5 Å². The van der Waals surface area contributed by atoms with Gasteiger partial charge in [-0.3, -0.25) is 4.79 Å². The van der Waals surface area contributed by atoms with E-state index in [1.54, 1.807) is 17.5 Å². The van der Waals surface area contributed by atoms with Crippen LogP contribution >= 0.6 is 12.2 Å². The average Bonchev–Trinajstić information content (AvgIpc) is 2.54. The number of benzene rings is 2. The number of hydrogen-bond acceptors (Lipinski definition) is 5. The van der Waals surface area contributed by atoms with Gasteiger partial charge in [-0.25, -0.2) is 0 Å². The third-order valence-electron chi connectivity index (χ3n) is 3.76. The third kappa shape index (κ3) is 2.98. The van der Waals surface area contributed by atoms with Crippen molar-refractivity contribution < 1.29 is 4.42 Å². The zero-order valence-electron chi connectivity index (χ0n) is 13.1. The highest BCUT2D eigenvalue weighted by Crippen LogP contribution is 2.27. The Kier molecular flexibility index (Phi) is 4.41. The quantitative estimate of drug-likeness (QED) is 0.576. The van der Waals surface area contributed by atoms with Crippen LogP contribution in [0.15, 0.2) is 45.6 Å². The monoisotopic (exact) mass is 326 g/mol. The van der Waals surface area contributed by atoms with E-state index in [0.717, 1.165) is 24.3 Å². The molecule has 4 nitrogen and oxygen atoms in total. The summed E-state index contributed by atoms with van der Waals surface area (Å²) in [5, 5.41) is 6.01. The van der Waals surface area contributed by atoms with Crippen LogP contribution in [0.2, 0.25) is 0 Å². The van der Waals surface area contributed by atoms with Gasteiger partial charge in [0.1, 0.15) is 11.2 Å². The Morgan fingerprint density at radius 3 is 2.74 bits per heavy atom. The minimum atomic E-state index is -0.0343. The van der Waals surface area contributed by atoms with Gasteiger partial charge in [-0.1, -0.05) is 24.4 Å². The Morgan fingerprint density at radius 1 is 1.22 bits per heavy atom. The van der Waals surface area contributed by atoms with Gasteiger partial charge in [0.15, 0.2) is 0 Å². The summed E-state index contributed by atoms with van der Waals surface area (Å²) in [6, 6.07) is 11.1. The van der Waals surface area contributed by atoms with Gasteiger partial charge in [-0.15, -0.1) is 0 Å². The van der Waals surface area contributed by atoms with E-state index in [-0.39, 0.29) is 5.43 Å². The number of anilines is 1. The highest BCUT2D eigenvalue weighted by Gasteiger charge is 2.14. The lowest BCUT2D eigenvalue weighted by atomic mass is 10.1. The molecular weight excluding hydrogens is 308 g/mol. The summed E-state index contributed by atoms with van der Waals surface area (Å²) in [7, 11) is 4.02. The summed E-state index contributed by atoms with van der Waals surface area (Å²) >= 11 is 5.06. The number of rotatable bonds is 5. The molecule has 0 bridgehead atoms. The second-order valence-corrected chi connectivity index (χ2v) is 5.92. The van der Waals surface area contributed by atoms with Gasteiger partial charge in [0, 0.05) is 29.7 Å². The SMILES string of the molecule is CN(C)CCNc1ccc(C=S)c2oc3ccccc3c(=O)c12. The van der Waals surface area contributed by atoms with Crippen LogP contribution in [0.4, 0.5) is 5.69 Å². The number of nitrogens with zero attached hydrogens (tertiary/aromatic N) is 1. The zero-order valence-corrected chi connectivity index (χ0v) is 13.9. The third-order valence-corrected chi connectivity index (χ3v) is 4.01. The van der Waals surface area contributed by atoms with Crippen molar-refractivity contribution in [2.24, 2.45) is 0 Å². The van der Waals surface area contributed by atoms with Gasteiger partial charge >= 0.3 is 0 Å². The van der Waals surface area contributed by atoms with Crippen molar-refractivity contribution in [2.45, 2.75) is 0 Å². The van der Waals surface area contributed by atoms with Crippen molar-refractivity contribution in [3.05, 3.63) is 52.2 Å². The van der Waals surface area contributed by atoms with E-state index >= 15 is 0 Å². The molecule has 0 aliphatic carbocycles. The Morgan fingerprint density at radius 2 is 2.00 bits per heavy atom. The van der Waals surface area contributed by atoms with E-state index < -0.39 is 0 Å². The van der Waals surface area contributed by atoms with Crippen LogP contribution in [-0.4, -0.2) is 37.5 Å².